The van der Waals surface area contributed by atoms with Crippen molar-refractivity contribution in [3.05, 3.63) is 35.6 Å². The summed E-state index contributed by atoms with van der Waals surface area (Å²) in [4.78, 5) is 31.0. The van der Waals surface area contributed by atoms with Crippen LogP contribution in [0.1, 0.15) is 44.1 Å². The molecular formula is C23H34FN5O2. The van der Waals surface area contributed by atoms with Crippen LogP contribution in [0.15, 0.2) is 29.3 Å². The Labute approximate surface area is 183 Å². The van der Waals surface area contributed by atoms with Gasteiger partial charge in [0, 0.05) is 45.2 Å². The van der Waals surface area contributed by atoms with Gasteiger partial charge in [0.25, 0.3) is 0 Å². The number of hydrogen-bond donors (Lipinski definition) is 3. The molecule has 0 radical (unpaired) electrons. The summed E-state index contributed by atoms with van der Waals surface area (Å²) in [6, 6.07) is 6.12. The van der Waals surface area contributed by atoms with Crippen molar-refractivity contribution in [3.8, 4) is 0 Å². The van der Waals surface area contributed by atoms with Crippen LogP contribution < -0.4 is 16.0 Å². The second-order valence-corrected chi connectivity index (χ2v) is 8.40. The summed E-state index contributed by atoms with van der Waals surface area (Å²) in [5.41, 5.74) is 0.776. The SMILES string of the molecule is CN=C(NCCNC(=O)Cc1ccc(F)cc1)NC1CCN(C(=O)C2CCCCC2)C1. The van der Waals surface area contributed by atoms with Crippen LogP contribution in [0.25, 0.3) is 0 Å². The largest absolute Gasteiger partial charge is 0.355 e. The van der Waals surface area contributed by atoms with Gasteiger partial charge in [0.05, 0.1) is 6.42 Å². The van der Waals surface area contributed by atoms with Gasteiger partial charge in [-0.25, -0.2) is 4.39 Å². The minimum atomic E-state index is -0.309. The summed E-state index contributed by atoms with van der Waals surface area (Å²) in [5.74, 6) is 0.781. The van der Waals surface area contributed by atoms with Gasteiger partial charge in [-0.05, 0) is 37.0 Å². The number of carbonyl (C=O) groups excluding carboxylic acids is 2. The molecule has 1 aromatic carbocycles. The minimum Gasteiger partial charge on any atom is -0.355 e. The van der Waals surface area contributed by atoms with Crippen LogP contribution in [0.5, 0.6) is 0 Å². The number of aliphatic imine (C=N–C) groups is 1. The number of guanidine groups is 1. The predicted octanol–water partition coefficient (Wildman–Crippen LogP) is 1.83. The van der Waals surface area contributed by atoms with Gasteiger partial charge < -0.3 is 20.9 Å². The highest BCUT2D eigenvalue weighted by Crippen LogP contribution is 2.26. The molecule has 1 saturated heterocycles. The molecule has 2 aliphatic rings. The van der Waals surface area contributed by atoms with Crippen molar-refractivity contribution in [1.82, 2.24) is 20.9 Å². The molecule has 0 spiro atoms. The first-order valence-electron chi connectivity index (χ1n) is 11.3. The maximum absolute atomic E-state index is 12.9. The van der Waals surface area contributed by atoms with Crippen molar-refractivity contribution in [2.75, 3.05) is 33.2 Å². The van der Waals surface area contributed by atoms with Gasteiger partial charge >= 0.3 is 0 Å². The van der Waals surface area contributed by atoms with Gasteiger partial charge in [0.1, 0.15) is 5.82 Å². The number of carbonyl (C=O) groups is 2. The maximum atomic E-state index is 12.9. The predicted molar refractivity (Wildman–Crippen MR) is 119 cm³/mol. The molecule has 170 valence electrons. The Hall–Kier alpha value is -2.64. The molecule has 3 N–H and O–H groups in total. The molecule has 1 saturated carbocycles. The molecule has 1 aliphatic heterocycles. The second kappa shape index (κ2) is 11.7. The van der Waals surface area contributed by atoms with Crippen molar-refractivity contribution >= 4 is 17.8 Å². The molecule has 1 unspecified atom stereocenters. The van der Waals surface area contributed by atoms with Crippen molar-refractivity contribution in [2.24, 2.45) is 10.9 Å². The molecule has 0 bridgehead atoms. The lowest BCUT2D eigenvalue weighted by Gasteiger charge is -2.26. The number of rotatable bonds is 7. The minimum absolute atomic E-state index is 0.107. The third-order valence-electron chi connectivity index (χ3n) is 6.04. The molecule has 1 aromatic rings. The van der Waals surface area contributed by atoms with E-state index in [1.165, 1.54) is 31.4 Å². The van der Waals surface area contributed by atoms with Crippen LogP contribution in [-0.4, -0.2) is 61.9 Å². The first-order chi connectivity index (χ1) is 15.0. The molecular weight excluding hydrogens is 397 g/mol. The zero-order valence-corrected chi connectivity index (χ0v) is 18.3. The summed E-state index contributed by atoms with van der Waals surface area (Å²) in [6.45, 7) is 2.50. The lowest BCUT2D eigenvalue weighted by molar-refractivity contribution is -0.135. The van der Waals surface area contributed by atoms with E-state index in [0.29, 0.717) is 31.5 Å². The Morgan fingerprint density at radius 3 is 2.48 bits per heavy atom. The number of nitrogens with one attached hydrogen (secondary N) is 3. The first kappa shape index (κ1) is 23.0. The number of nitrogens with zero attached hydrogens (tertiary/aromatic N) is 2. The van der Waals surface area contributed by atoms with Gasteiger partial charge in [-0.1, -0.05) is 31.4 Å². The summed E-state index contributed by atoms with van der Waals surface area (Å²) >= 11 is 0. The van der Waals surface area contributed by atoms with E-state index in [1.807, 2.05) is 4.90 Å². The Morgan fingerprint density at radius 2 is 1.77 bits per heavy atom. The van der Waals surface area contributed by atoms with E-state index in [2.05, 4.69) is 20.9 Å². The highest BCUT2D eigenvalue weighted by atomic mass is 19.1. The molecule has 1 atom stereocenters. The van der Waals surface area contributed by atoms with Crippen molar-refractivity contribution in [3.63, 3.8) is 0 Å². The molecule has 2 fully saturated rings. The Balaban J connectivity index is 1.32. The number of hydrogen-bond acceptors (Lipinski definition) is 3. The molecule has 8 heteroatoms. The normalized spacial score (nSPS) is 19.9. The average molecular weight is 432 g/mol. The van der Waals surface area contributed by atoms with Crippen LogP contribution in [0, 0.1) is 11.7 Å². The van der Waals surface area contributed by atoms with E-state index in [9.17, 15) is 14.0 Å². The summed E-state index contributed by atoms with van der Waals surface area (Å²) in [5, 5.41) is 9.43. The quantitative estimate of drug-likeness (QED) is 0.349. The van der Waals surface area contributed by atoms with E-state index < -0.39 is 0 Å². The van der Waals surface area contributed by atoms with Crippen LogP contribution >= 0.6 is 0 Å². The fourth-order valence-electron chi connectivity index (χ4n) is 4.31. The van der Waals surface area contributed by atoms with Crippen LogP contribution in [0.3, 0.4) is 0 Å². The van der Waals surface area contributed by atoms with Gasteiger partial charge in [-0.3, -0.25) is 14.6 Å². The summed E-state index contributed by atoms with van der Waals surface area (Å²) in [6.07, 6.45) is 6.79. The fourth-order valence-corrected chi connectivity index (χ4v) is 4.31. The lowest BCUT2D eigenvalue weighted by atomic mass is 9.88. The molecule has 31 heavy (non-hydrogen) atoms. The molecule has 1 heterocycles. The molecule has 0 aromatic heterocycles. The Kier molecular flexibility index (Phi) is 8.67. The average Bonchev–Trinajstić information content (AvgIpc) is 3.26. The highest BCUT2D eigenvalue weighted by Gasteiger charge is 2.31. The Morgan fingerprint density at radius 1 is 1.06 bits per heavy atom. The fraction of sp³-hybridized carbons (Fsp3) is 0.609. The van der Waals surface area contributed by atoms with Crippen molar-refractivity contribution < 1.29 is 14.0 Å². The zero-order chi connectivity index (χ0) is 22.1. The van der Waals surface area contributed by atoms with Crippen LogP contribution in [0.2, 0.25) is 0 Å². The third-order valence-corrected chi connectivity index (χ3v) is 6.04. The first-order valence-corrected chi connectivity index (χ1v) is 11.3. The maximum Gasteiger partial charge on any atom is 0.225 e. The second-order valence-electron chi connectivity index (χ2n) is 8.40. The summed E-state index contributed by atoms with van der Waals surface area (Å²) in [7, 11) is 1.71. The topological polar surface area (TPSA) is 85.8 Å². The monoisotopic (exact) mass is 431 g/mol. The van der Waals surface area contributed by atoms with Crippen molar-refractivity contribution in [2.45, 2.75) is 51.0 Å². The molecule has 1 aliphatic carbocycles. The van der Waals surface area contributed by atoms with E-state index in [1.54, 1.807) is 19.2 Å². The van der Waals surface area contributed by atoms with Gasteiger partial charge in [-0.2, -0.15) is 0 Å². The lowest BCUT2D eigenvalue weighted by Crippen LogP contribution is -2.47. The highest BCUT2D eigenvalue weighted by molar-refractivity contribution is 5.81. The molecule has 7 nitrogen and oxygen atoms in total. The van der Waals surface area contributed by atoms with Crippen molar-refractivity contribution in [1.29, 1.82) is 0 Å². The summed E-state index contributed by atoms with van der Waals surface area (Å²) < 4.78 is 12.9. The number of benzene rings is 1. The Bertz CT molecular complexity index is 762. The van der Waals surface area contributed by atoms with E-state index in [-0.39, 0.29) is 30.1 Å². The van der Waals surface area contributed by atoms with Crippen LogP contribution in [-0.2, 0) is 16.0 Å². The smallest absolute Gasteiger partial charge is 0.225 e. The van der Waals surface area contributed by atoms with Crippen LogP contribution in [0.4, 0.5) is 4.39 Å². The number of halogens is 1. The zero-order valence-electron chi connectivity index (χ0n) is 18.3. The van der Waals surface area contributed by atoms with Gasteiger partial charge in [-0.15, -0.1) is 0 Å². The molecule has 3 rings (SSSR count). The van der Waals surface area contributed by atoms with E-state index in [4.69, 9.17) is 0 Å². The third kappa shape index (κ3) is 7.22. The standard InChI is InChI=1S/C23H34FN5O2/c1-25-23(27-13-12-26-21(30)15-17-7-9-19(24)10-8-17)28-20-11-14-29(16-20)22(31)18-5-3-2-4-6-18/h7-10,18,20H,2-6,11-16H2,1H3,(H,26,30)(H2,25,27,28). The van der Waals surface area contributed by atoms with E-state index >= 15 is 0 Å². The number of amides is 2. The van der Waals surface area contributed by atoms with Gasteiger partial charge in [0.15, 0.2) is 5.96 Å². The van der Waals surface area contributed by atoms with Gasteiger partial charge in [0.2, 0.25) is 11.8 Å². The number of likely N-dealkylation sites (tertiary alicyclic amines) is 1. The molecule has 2 amide bonds. The van der Waals surface area contributed by atoms with E-state index in [0.717, 1.165) is 31.4 Å².